The van der Waals surface area contributed by atoms with Gasteiger partial charge in [0.25, 0.3) is 0 Å². The Kier molecular flexibility index (Phi) is 5.40. The van der Waals surface area contributed by atoms with Gasteiger partial charge >= 0.3 is 0 Å². The highest BCUT2D eigenvalue weighted by Gasteiger charge is 2.39. The molecule has 156 valence electrons. The zero-order valence-electron chi connectivity index (χ0n) is 16.9. The summed E-state index contributed by atoms with van der Waals surface area (Å²) < 4.78 is 36.5. The molecule has 2 saturated heterocycles. The number of imidazole rings is 1. The standard InChI is InChI=1S/C21H26F2N4O2/c1-13-4-5-17(20(23)19(13)22)21-24-6-7-27(21)14-8-15-12-29-16(11-26(15)10-14)9-18(28)25(2)3/h4-7,14-16H,8-12H2,1-3H3/t14-,15+,16+/m1/s1. The van der Waals surface area contributed by atoms with Crippen molar-refractivity contribution in [2.24, 2.45) is 0 Å². The fourth-order valence-corrected chi connectivity index (χ4v) is 4.25. The molecule has 0 unspecified atom stereocenters. The minimum absolute atomic E-state index is 0.0537. The summed E-state index contributed by atoms with van der Waals surface area (Å²) in [5, 5.41) is 0. The first-order valence-electron chi connectivity index (χ1n) is 9.88. The summed E-state index contributed by atoms with van der Waals surface area (Å²) in [4.78, 5) is 20.2. The number of carbonyl (C=O) groups excluding carboxylic acids is 1. The fourth-order valence-electron chi connectivity index (χ4n) is 4.25. The molecule has 2 aromatic rings. The van der Waals surface area contributed by atoms with E-state index in [-0.39, 0.29) is 35.2 Å². The Labute approximate surface area is 169 Å². The van der Waals surface area contributed by atoms with Gasteiger partial charge < -0.3 is 14.2 Å². The van der Waals surface area contributed by atoms with Gasteiger partial charge in [0, 0.05) is 51.7 Å². The van der Waals surface area contributed by atoms with Crippen LogP contribution in [0.2, 0.25) is 0 Å². The van der Waals surface area contributed by atoms with Crippen molar-refractivity contribution >= 4 is 5.91 Å². The van der Waals surface area contributed by atoms with E-state index in [0.29, 0.717) is 25.4 Å². The lowest BCUT2D eigenvalue weighted by atomic mass is 10.1. The predicted molar refractivity (Wildman–Crippen MR) is 104 cm³/mol. The van der Waals surface area contributed by atoms with Crippen LogP contribution in [-0.2, 0) is 9.53 Å². The van der Waals surface area contributed by atoms with E-state index in [4.69, 9.17) is 4.74 Å². The second-order valence-corrected chi connectivity index (χ2v) is 8.16. The molecule has 8 heteroatoms. The molecule has 0 bridgehead atoms. The summed E-state index contributed by atoms with van der Waals surface area (Å²) in [6.07, 6.45) is 4.53. The largest absolute Gasteiger partial charge is 0.375 e. The number of rotatable bonds is 4. The molecule has 0 spiro atoms. The molecule has 1 amide bonds. The molecule has 2 fully saturated rings. The molecule has 0 aliphatic carbocycles. The molecule has 0 radical (unpaired) electrons. The predicted octanol–water partition coefficient (Wildman–Crippen LogP) is 2.63. The Balaban J connectivity index is 1.51. The van der Waals surface area contributed by atoms with E-state index in [1.807, 2.05) is 10.8 Å². The third-order valence-electron chi connectivity index (χ3n) is 5.95. The number of aromatic nitrogens is 2. The number of hydrogen-bond donors (Lipinski definition) is 0. The minimum atomic E-state index is -0.862. The number of nitrogens with zero attached hydrogens (tertiary/aromatic N) is 4. The van der Waals surface area contributed by atoms with E-state index in [0.717, 1.165) is 13.0 Å². The third-order valence-corrected chi connectivity index (χ3v) is 5.95. The lowest BCUT2D eigenvalue weighted by Gasteiger charge is -2.35. The van der Waals surface area contributed by atoms with Crippen molar-refractivity contribution in [2.45, 2.75) is 38.0 Å². The van der Waals surface area contributed by atoms with Gasteiger partial charge in [-0.2, -0.15) is 0 Å². The number of morpholine rings is 1. The number of carbonyl (C=O) groups is 1. The molecular formula is C21H26F2N4O2. The lowest BCUT2D eigenvalue weighted by molar-refractivity contribution is -0.134. The molecule has 29 heavy (non-hydrogen) atoms. The number of hydrogen-bond acceptors (Lipinski definition) is 4. The maximum Gasteiger partial charge on any atom is 0.224 e. The molecular weight excluding hydrogens is 378 g/mol. The summed E-state index contributed by atoms with van der Waals surface area (Å²) >= 11 is 0. The Bertz CT molecular complexity index is 914. The monoisotopic (exact) mass is 404 g/mol. The van der Waals surface area contributed by atoms with Crippen LogP contribution in [0.25, 0.3) is 11.4 Å². The Morgan fingerprint density at radius 2 is 2.03 bits per heavy atom. The van der Waals surface area contributed by atoms with Crippen molar-refractivity contribution in [3.8, 4) is 11.4 Å². The fraction of sp³-hybridized carbons (Fsp3) is 0.524. The zero-order chi connectivity index (χ0) is 20.7. The second kappa shape index (κ2) is 7.84. The van der Waals surface area contributed by atoms with Crippen molar-refractivity contribution in [3.63, 3.8) is 0 Å². The third kappa shape index (κ3) is 3.79. The number of fused-ring (bicyclic) bond motifs is 1. The van der Waals surface area contributed by atoms with E-state index in [1.165, 1.54) is 0 Å². The molecule has 3 atom stereocenters. The van der Waals surface area contributed by atoms with Gasteiger partial charge in [-0.25, -0.2) is 13.8 Å². The van der Waals surface area contributed by atoms with Gasteiger partial charge in [0.15, 0.2) is 11.6 Å². The van der Waals surface area contributed by atoms with Gasteiger partial charge in [-0.1, -0.05) is 6.07 Å². The number of amides is 1. The molecule has 6 nitrogen and oxygen atoms in total. The Morgan fingerprint density at radius 1 is 1.24 bits per heavy atom. The quantitative estimate of drug-likeness (QED) is 0.786. The van der Waals surface area contributed by atoms with Crippen LogP contribution in [0.4, 0.5) is 8.78 Å². The Morgan fingerprint density at radius 3 is 2.79 bits per heavy atom. The van der Waals surface area contributed by atoms with Crippen LogP contribution in [0.5, 0.6) is 0 Å². The highest BCUT2D eigenvalue weighted by atomic mass is 19.2. The second-order valence-electron chi connectivity index (χ2n) is 8.16. The molecule has 0 saturated carbocycles. The molecule has 4 rings (SSSR count). The number of benzene rings is 1. The van der Waals surface area contributed by atoms with E-state index < -0.39 is 11.6 Å². The van der Waals surface area contributed by atoms with Crippen molar-refractivity contribution in [3.05, 3.63) is 41.7 Å². The first-order valence-corrected chi connectivity index (χ1v) is 9.88. The minimum Gasteiger partial charge on any atom is -0.375 e. The van der Waals surface area contributed by atoms with E-state index in [9.17, 15) is 13.6 Å². The molecule has 0 N–H and O–H groups in total. The average molecular weight is 404 g/mol. The van der Waals surface area contributed by atoms with Crippen molar-refractivity contribution in [1.82, 2.24) is 19.4 Å². The lowest BCUT2D eigenvalue weighted by Crippen LogP contribution is -2.47. The maximum atomic E-state index is 14.5. The normalized spacial score (nSPS) is 24.5. The van der Waals surface area contributed by atoms with Gasteiger partial charge in [-0.05, 0) is 25.0 Å². The van der Waals surface area contributed by atoms with Crippen molar-refractivity contribution in [2.75, 3.05) is 33.8 Å². The smallest absolute Gasteiger partial charge is 0.224 e. The Hall–Kier alpha value is -2.32. The summed E-state index contributed by atoms with van der Waals surface area (Å²) in [6, 6.07) is 3.50. The van der Waals surface area contributed by atoms with Crippen molar-refractivity contribution in [1.29, 1.82) is 0 Å². The van der Waals surface area contributed by atoms with Crippen LogP contribution in [0.1, 0.15) is 24.4 Å². The van der Waals surface area contributed by atoms with Crippen LogP contribution in [-0.4, -0.2) is 71.2 Å². The zero-order valence-corrected chi connectivity index (χ0v) is 16.9. The van der Waals surface area contributed by atoms with Gasteiger partial charge in [0.2, 0.25) is 5.91 Å². The van der Waals surface area contributed by atoms with E-state index in [1.54, 1.807) is 44.2 Å². The van der Waals surface area contributed by atoms with Crippen molar-refractivity contribution < 1.29 is 18.3 Å². The molecule has 2 aliphatic heterocycles. The highest BCUT2D eigenvalue weighted by molar-refractivity contribution is 5.76. The highest BCUT2D eigenvalue weighted by Crippen LogP contribution is 2.35. The first-order chi connectivity index (χ1) is 13.8. The van der Waals surface area contributed by atoms with Crippen LogP contribution in [0.3, 0.4) is 0 Å². The van der Waals surface area contributed by atoms with Gasteiger partial charge in [-0.15, -0.1) is 0 Å². The molecule has 3 heterocycles. The van der Waals surface area contributed by atoms with Crippen LogP contribution >= 0.6 is 0 Å². The van der Waals surface area contributed by atoms with Crippen LogP contribution < -0.4 is 0 Å². The molecule has 1 aromatic heterocycles. The van der Waals surface area contributed by atoms with Crippen LogP contribution in [0, 0.1) is 18.6 Å². The first kappa shape index (κ1) is 20.0. The van der Waals surface area contributed by atoms with Gasteiger partial charge in [-0.3, -0.25) is 9.69 Å². The molecule has 2 aliphatic rings. The number of aryl methyl sites for hydroxylation is 1. The van der Waals surface area contributed by atoms with E-state index >= 15 is 0 Å². The number of ether oxygens (including phenoxy) is 1. The SMILES string of the molecule is Cc1ccc(-c2nccn2[C@@H]2C[C@H]3CO[C@@H](CC(=O)N(C)C)CN3C2)c(F)c1F. The summed E-state index contributed by atoms with van der Waals surface area (Å²) in [7, 11) is 3.49. The van der Waals surface area contributed by atoms with Gasteiger partial charge in [0.1, 0.15) is 5.82 Å². The van der Waals surface area contributed by atoms with Crippen LogP contribution in [0.15, 0.2) is 24.5 Å². The van der Waals surface area contributed by atoms with E-state index in [2.05, 4.69) is 9.88 Å². The molecule has 1 aromatic carbocycles. The average Bonchev–Trinajstić information content (AvgIpc) is 3.32. The maximum absolute atomic E-state index is 14.5. The van der Waals surface area contributed by atoms with Gasteiger partial charge in [0.05, 0.1) is 24.7 Å². The summed E-state index contributed by atoms with van der Waals surface area (Å²) in [5.74, 6) is -1.20. The summed E-state index contributed by atoms with van der Waals surface area (Å²) in [5.41, 5.74) is 0.450. The number of halogens is 2. The topological polar surface area (TPSA) is 50.6 Å². The summed E-state index contributed by atoms with van der Waals surface area (Å²) in [6.45, 7) is 3.57.